The first-order chi connectivity index (χ1) is 14.5. The number of alkyl halides is 2. The molecule has 0 radical (unpaired) electrons. The molecular weight excluding hydrogens is 399 g/mol. The molecule has 0 saturated carbocycles. The molecule has 1 fully saturated rings. The number of aromatic amines is 1. The molecule has 30 heavy (non-hydrogen) atoms. The van der Waals surface area contributed by atoms with E-state index < -0.39 is 18.0 Å². The first-order valence-corrected chi connectivity index (χ1v) is 9.32. The Morgan fingerprint density at radius 2 is 1.87 bits per heavy atom. The quantitative estimate of drug-likeness (QED) is 0.633. The molecule has 0 atom stereocenters. The molecule has 156 valence electrons. The minimum atomic E-state index is -2.91. The Hall–Kier alpha value is -3.56. The van der Waals surface area contributed by atoms with E-state index in [9.17, 15) is 18.0 Å². The van der Waals surface area contributed by atoms with Crippen molar-refractivity contribution in [3.05, 3.63) is 58.9 Å². The summed E-state index contributed by atoms with van der Waals surface area (Å²) < 4.78 is 43.2. The molecule has 4 rings (SSSR count). The van der Waals surface area contributed by atoms with Crippen molar-refractivity contribution < 1.29 is 17.9 Å². The van der Waals surface area contributed by atoms with Gasteiger partial charge in [0.25, 0.3) is 5.56 Å². The molecule has 1 saturated heterocycles. The maximum Gasteiger partial charge on any atom is 0.387 e. The van der Waals surface area contributed by atoms with Crippen LogP contribution in [0.2, 0.25) is 0 Å². The van der Waals surface area contributed by atoms with Gasteiger partial charge in [-0.05, 0) is 36.6 Å². The van der Waals surface area contributed by atoms with Crippen LogP contribution in [0.4, 0.5) is 30.6 Å². The molecule has 1 aromatic carbocycles. The van der Waals surface area contributed by atoms with E-state index in [1.807, 2.05) is 4.90 Å². The number of ether oxygens (including phenoxy) is 1. The van der Waals surface area contributed by atoms with Gasteiger partial charge in [0, 0.05) is 24.8 Å². The van der Waals surface area contributed by atoms with Crippen LogP contribution in [0.15, 0.2) is 47.5 Å². The summed E-state index contributed by atoms with van der Waals surface area (Å²) in [6.07, 6.45) is 4.59. The molecule has 1 aliphatic heterocycles. The molecule has 0 aliphatic carbocycles. The second kappa shape index (κ2) is 8.44. The van der Waals surface area contributed by atoms with E-state index in [0.29, 0.717) is 17.1 Å². The summed E-state index contributed by atoms with van der Waals surface area (Å²) in [5.41, 5.74) is 0.870. The highest BCUT2D eigenvalue weighted by Gasteiger charge is 2.17. The third-order valence-electron chi connectivity index (χ3n) is 4.69. The van der Waals surface area contributed by atoms with Crippen LogP contribution in [0.1, 0.15) is 12.8 Å². The number of nitrogens with zero attached hydrogens (tertiary/aromatic N) is 3. The molecular formula is C20H18F3N5O2. The normalized spacial score (nSPS) is 13.7. The lowest BCUT2D eigenvalue weighted by molar-refractivity contribution is -0.0498. The highest BCUT2D eigenvalue weighted by atomic mass is 19.3. The van der Waals surface area contributed by atoms with Gasteiger partial charge in [0.1, 0.15) is 11.4 Å². The Kier molecular flexibility index (Phi) is 5.55. The van der Waals surface area contributed by atoms with Gasteiger partial charge < -0.3 is 19.9 Å². The summed E-state index contributed by atoms with van der Waals surface area (Å²) in [6.45, 7) is -1.31. The van der Waals surface area contributed by atoms with Gasteiger partial charge >= 0.3 is 6.61 Å². The Balaban J connectivity index is 1.60. The molecule has 2 N–H and O–H groups in total. The number of anilines is 3. The van der Waals surface area contributed by atoms with Gasteiger partial charge in [0.05, 0.1) is 6.20 Å². The number of hydrogen-bond donors (Lipinski definition) is 2. The molecule has 0 amide bonds. The Bertz CT molecular complexity index is 1080. The van der Waals surface area contributed by atoms with Gasteiger partial charge in [-0.25, -0.2) is 9.37 Å². The van der Waals surface area contributed by atoms with Crippen molar-refractivity contribution in [2.24, 2.45) is 0 Å². The molecule has 0 spiro atoms. The van der Waals surface area contributed by atoms with Crippen molar-refractivity contribution in [2.45, 2.75) is 19.5 Å². The molecule has 0 unspecified atom stereocenters. The summed E-state index contributed by atoms with van der Waals surface area (Å²) in [5.74, 6) is -0.362. The van der Waals surface area contributed by atoms with Crippen LogP contribution in [0.5, 0.6) is 5.75 Å². The van der Waals surface area contributed by atoms with Crippen LogP contribution in [-0.4, -0.2) is 34.7 Å². The minimum absolute atomic E-state index is 0.0222. The molecule has 2 aromatic heterocycles. The molecule has 10 heteroatoms. The van der Waals surface area contributed by atoms with Gasteiger partial charge in [-0.3, -0.25) is 4.79 Å². The fraction of sp³-hybridized carbons (Fsp3) is 0.250. The number of rotatable bonds is 6. The maximum atomic E-state index is 14.3. The second-order valence-electron chi connectivity index (χ2n) is 6.72. The van der Waals surface area contributed by atoms with Gasteiger partial charge in [-0.1, -0.05) is 12.1 Å². The van der Waals surface area contributed by atoms with Crippen molar-refractivity contribution in [3.63, 3.8) is 0 Å². The number of benzene rings is 1. The number of hydrogen-bond acceptors (Lipinski definition) is 6. The van der Waals surface area contributed by atoms with Crippen molar-refractivity contribution in [3.8, 4) is 16.9 Å². The van der Waals surface area contributed by atoms with Crippen LogP contribution in [0.25, 0.3) is 11.1 Å². The van der Waals surface area contributed by atoms with Crippen LogP contribution in [0.3, 0.4) is 0 Å². The van der Waals surface area contributed by atoms with E-state index in [0.717, 1.165) is 32.1 Å². The minimum Gasteiger partial charge on any atom is -0.435 e. The monoisotopic (exact) mass is 417 g/mol. The van der Waals surface area contributed by atoms with Crippen LogP contribution in [-0.2, 0) is 0 Å². The van der Waals surface area contributed by atoms with E-state index in [1.165, 1.54) is 24.4 Å². The van der Waals surface area contributed by atoms with Crippen molar-refractivity contribution in [1.29, 1.82) is 0 Å². The third kappa shape index (κ3) is 4.37. The summed E-state index contributed by atoms with van der Waals surface area (Å²) >= 11 is 0. The predicted octanol–water partition coefficient (Wildman–Crippen LogP) is 3.92. The second-order valence-corrected chi connectivity index (χ2v) is 6.72. The average molecular weight is 417 g/mol. The van der Waals surface area contributed by atoms with Crippen molar-refractivity contribution in [1.82, 2.24) is 15.0 Å². The lowest BCUT2D eigenvalue weighted by Crippen LogP contribution is -2.21. The zero-order valence-corrected chi connectivity index (χ0v) is 15.7. The lowest BCUT2D eigenvalue weighted by atomic mass is 10.1. The number of H-pyrrole nitrogens is 1. The zero-order chi connectivity index (χ0) is 21.1. The largest absolute Gasteiger partial charge is 0.435 e. The highest BCUT2D eigenvalue weighted by molar-refractivity contribution is 5.69. The number of pyridine rings is 1. The van der Waals surface area contributed by atoms with Gasteiger partial charge in [-0.15, -0.1) is 0 Å². The fourth-order valence-corrected chi connectivity index (χ4v) is 3.21. The van der Waals surface area contributed by atoms with E-state index in [1.54, 1.807) is 12.1 Å². The average Bonchev–Trinajstić information content (AvgIpc) is 3.26. The Labute approximate surface area is 169 Å². The topological polar surface area (TPSA) is 83.1 Å². The molecule has 3 heterocycles. The maximum absolute atomic E-state index is 14.3. The predicted molar refractivity (Wildman–Crippen MR) is 106 cm³/mol. The SMILES string of the molecule is O=c1[nH]cc(-c2ccc(OC(F)F)cc2)cc1Nc1nc(N2CCCC2)ncc1F. The van der Waals surface area contributed by atoms with Crippen LogP contribution >= 0.6 is 0 Å². The standard InChI is InChI=1S/C20H18F3N5O2/c21-15-11-25-20(28-7-1-2-8-28)27-17(15)26-16-9-13(10-24-18(16)29)12-3-5-14(6-4-12)30-19(22)23/h3-6,9-11,19H,1-2,7-8H2,(H,24,29)(H,25,26,27). The van der Waals surface area contributed by atoms with Crippen molar-refractivity contribution in [2.75, 3.05) is 23.3 Å². The highest BCUT2D eigenvalue weighted by Crippen LogP contribution is 2.26. The number of nitrogens with one attached hydrogen (secondary N) is 2. The number of halogens is 3. The molecule has 7 nitrogen and oxygen atoms in total. The first kappa shape index (κ1) is 19.7. The third-order valence-corrected chi connectivity index (χ3v) is 4.69. The van der Waals surface area contributed by atoms with Gasteiger partial charge in [-0.2, -0.15) is 13.8 Å². The summed E-state index contributed by atoms with van der Waals surface area (Å²) in [7, 11) is 0. The fourth-order valence-electron chi connectivity index (χ4n) is 3.21. The first-order valence-electron chi connectivity index (χ1n) is 9.32. The van der Waals surface area contributed by atoms with E-state index in [4.69, 9.17) is 0 Å². The van der Waals surface area contributed by atoms with Crippen molar-refractivity contribution >= 4 is 17.5 Å². The Morgan fingerprint density at radius 3 is 2.57 bits per heavy atom. The van der Waals surface area contributed by atoms with Gasteiger partial charge in [0.2, 0.25) is 5.95 Å². The van der Waals surface area contributed by atoms with Gasteiger partial charge in [0.15, 0.2) is 11.6 Å². The summed E-state index contributed by atoms with van der Waals surface area (Å²) in [4.78, 5) is 25.0. The summed E-state index contributed by atoms with van der Waals surface area (Å²) in [5, 5.41) is 2.73. The Morgan fingerprint density at radius 1 is 1.13 bits per heavy atom. The molecule has 3 aromatic rings. The smallest absolute Gasteiger partial charge is 0.387 e. The molecule has 1 aliphatic rings. The van der Waals surface area contributed by atoms with E-state index in [2.05, 4.69) is 25.0 Å². The van der Waals surface area contributed by atoms with Crippen LogP contribution in [0, 0.1) is 5.82 Å². The number of aromatic nitrogens is 3. The summed E-state index contributed by atoms with van der Waals surface area (Å²) in [6, 6.07) is 7.47. The van der Waals surface area contributed by atoms with Crippen LogP contribution < -0.4 is 20.5 Å². The lowest BCUT2D eigenvalue weighted by Gasteiger charge is -2.16. The van der Waals surface area contributed by atoms with E-state index >= 15 is 0 Å². The zero-order valence-electron chi connectivity index (χ0n) is 15.7. The van der Waals surface area contributed by atoms with E-state index in [-0.39, 0.29) is 17.3 Å². The molecule has 0 bridgehead atoms.